The van der Waals surface area contributed by atoms with Crippen LogP contribution in [-0.2, 0) is 20.8 Å². The smallest absolute Gasteiger partial charge is 0.236 e. The zero-order valence-electron chi connectivity index (χ0n) is 13.5. The van der Waals surface area contributed by atoms with Gasteiger partial charge in [-0.05, 0) is 24.7 Å². The van der Waals surface area contributed by atoms with E-state index < -0.39 is 5.79 Å². The van der Waals surface area contributed by atoms with E-state index >= 15 is 0 Å². The standard InChI is InChI=1S/C17H23BrN2O3/c1-19(12-14-2-4-15(18)5-3-14)13-16(21)20-8-6-17(7-9-20)22-10-11-23-17/h2-5H,6-13H2,1H3. The molecular weight excluding hydrogens is 360 g/mol. The van der Waals surface area contributed by atoms with E-state index in [0.717, 1.165) is 23.9 Å². The number of amides is 1. The van der Waals surface area contributed by atoms with Gasteiger partial charge < -0.3 is 14.4 Å². The summed E-state index contributed by atoms with van der Waals surface area (Å²) < 4.78 is 12.5. The number of carbonyl (C=O) groups excluding carboxylic acids is 1. The Balaban J connectivity index is 1.46. The molecule has 6 heteroatoms. The monoisotopic (exact) mass is 382 g/mol. The molecule has 0 aromatic heterocycles. The number of rotatable bonds is 4. The first-order valence-corrected chi connectivity index (χ1v) is 8.84. The van der Waals surface area contributed by atoms with Crippen molar-refractivity contribution in [3.05, 3.63) is 34.3 Å². The van der Waals surface area contributed by atoms with Gasteiger partial charge in [0.2, 0.25) is 5.91 Å². The minimum atomic E-state index is -0.417. The molecule has 2 saturated heterocycles. The third-order valence-corrected chi connectivity index (χ3v) is 4.99. The highest BCUT2D eigenvalue weighted by molar-refractivity contribution is 9.10. The predicted octanol–water partition coefficient (Wildman–Crippen LogP) is 2.25. The van der Waals surface area contributed by atoms with Crippen molar-refractivity contribution in [2.24, 2.45) is 0 Å². The maximum atomic E-state index is 12.5. The van der Waals surface area contributed by atoms with E-state index in [9.17, 15) is 4.79 Å². The molecule has 1 spiro atoms. The van der Waals surface area contributed by atoms with Crippen LogP contribution in [0.25, 0.3) is 0 Å². The number of likely N-dealkylation sites (tertiary alicyclic amines) is 1. The third-order valence-electron chi connectivity index (χ3n) is 4.46. The number of hydrogen-bond donors (Lipinski definition) is 0. The van der Waals surface area contributed by atoms with E-state index in [0.29, 0.717) is 32.8 Å². The molecule has 1 amide bonds. The molecule has 0 unspecified atom stereocenters. The highest BCUT2D eigenvalue weighted by atomic mass is 79.9. The van der Waals surface area contributed by atoms with Gasteiger partial charge in [0.05, 0.1) is 19.8 Å². The number of likely N-dealkylation sites (N-methyl/N-ethyl adjacent to an activating group) is 1. The average Bonchev–Trinajstić information content (AvgIpc) is 2.98. The van der Waals surface area contributed by atoms with Crippen molar-refractivity contribution >= 4 is 21.8 Å². The summed E-state index contributed by atoms with van der Waals surface area (Å²) in [5.41, 5.74) is 1.20. The molecular formula is C17H23BrN2O3. The quantitative estimate of drug-likeness (QED) is 0.800. The van der Waals surface area contributed by atoms with Gasteiger partial charge in [0.15, 0.2) is 5.79 Å². The maximum Gasteiger partial charge on any atom is 0.236 e. The first kappa shape index (κ1) is 16.9. The summed E-state index contributed by atoms with van der Waals surface area (Å²) in [5, 5.41) is 0. The van der Waals surface area contributed by atoms with Gasteiger partial charge in [-0.3, -0.25) is 9.69 Å². The van der Waals surface area contributed by atoms with Gasteiger partial charge in [-0.25, -0.2) is 0 Å². The van der Waals surface area contributed by atoms with Gasteiger partial charge in [0, 0.05) is 36.9 Å². The SMILES string of the molecule is CN(CC(=O)N1CCC2(CC1)OCCO2)Cc1ccc(Br)cc1. The molecule has 0 atom stereocenters. The molecule has 23 heavy (non-hydrogen) atoms. The molecule has 126 valence electrons. The summed E-state index contributed by atoms with van der Waals surface area (Å²) in [6.45, 7) is 3.97. The molecule has 1 aromatic rings. The van der Waals surface area contributed by atoms with Crippen molar-refractivity contribution in [3.63, 3.8) is 0 Å². The normalized spacial score (nSPS) is 20.4. The molecule has 0 bridgehead atoms. The lowest BCUT2D eigenvalue weighted by atomic mass is 10.0. The lowest BCUT2D eigenvalue weighted by molar-refractivity contribution is -0.187. The molecule has 0 radical (unpaired) electrons. The molecule has 0 saturated carbocycles. The van der Waals surface area contributed by atoms with Crippen LogP contribution in [0, 0.1) is 0 Å². The Hall–Kier alpha value is -0.950. The number of benzene rings is 1. The van der Waals surface area contributed by atoms with Gasteiger partial charge in [0.1, 0.15) is 0 Å². The van der Waals surface area contributed by atoms with Crippen molar-refractivity contribution < 1.29 is 14.3 Å². The van der Waals surface area contributed by atoms with Crippen LogP contribution in [0.2, 0.25) is 0 Å². The Labute approximate surface area is 145 Å². The van der Waals surface area contributed by atoms with Gasteiger partial charge in [-0.2, -0.15) is 0 Å². The Morgan fingerprint density at radius 3 is 2.43 bits per heavy atom. The van der Waals surface area contributed by atoms with Crippen LogP contribution in [0.1, 0.15) is 18.4 Å². The summed E-state index contributed by atoms with van der Waals surface area (Å²) >= 11 is 3.43. The van der Waals surface area contributed by atoms with Crippen molar-refractivity contribution in [2.45, 2.75) is 25.2 Å². The van der Waals surface area contributed by atoms with Gasteiger partial charge in [-0.1, -0.05) is 28.1 Å². The molecule has 0 aliphatic carbocycles. The molecule has 3 rings (SSSR count). The number of ether oxygens (including phenoxy) is 2. The van der Waals surface area contributed by atoms with E-state index in [-0.39, 0.29) is 5.91 Å². The fourth-order valence-electron chi connectivity index (χ4n) is 3.17. The van der Waals surface area contributed by atoms with Crippen molar-refractivity contribution in [3.8, 4) is 0 Å². The summed E-state index contributed by atoms with van der Waals surface area (Å²) in [5.74, 6) is -0.238. The van der Waals surface area contributed by atoms with E-state index in [1.165, 1.54) is 5.56 Å². The number of halogens is 1. The number of nitrogens with zero attached hydrogens (tertiary/aromatic N) is 2. The maximum absolute atomic E-state index is 12.5. The van der Waals surface area contributed by atoms with Gasteiger partial charge in [-0.15, -0.1) is 0 Å². The van der Waals surface area contributed by atoms with Crippen molar-refractivity contribution in [1.82, 2.24) is 9.80 Å². The number of hydrogen-bond acceptors (Lipinski definition) is 4. The van der Waals surface area contributed by atoms with Crippen LogP contribution in [0.5, 0.6) is 0 Å². The number of piperidine rings is 1. The minimum Gasteiger partial charge on any atom is -0.347 e. The lowest BCUT2D eigenvalue weighted by Crippen LogP contribution is -2.49. The van der Waals surface area contributed by atoms with Crippen LogP contribution in [-0.4, -0.2) is 61.4 Å². The zero-order valence-corrected chi connectivity index (χ0v) is 15.0. The van der Waals surface area contributed by atoms with Crippen LogP contribution >= 0.6 is 15.9 Å². The molecule has 2 fully saturated rings. The first-order valence-electron chi connectivity index (χ1n) is 8.05. The zero-order chi connectivity index (χ0) is 16.3. The summed E-state index contributed by atoms with van der Waals surface area (Å²) in [4.78, 5) is 16.4. The van der Waals surface area contributed by atoms with E-state index in [2.05, 4.69) is 33.0 Å². The van der Waals surface area contributed by atoms with Gasteiger partial charge in [0.25, 0.3) is 0 Å². The Bertz CT molecular complexity index is 533. The molecule has 5 nitrogen and oxygen atoms in total. The first-order chi connectivity index (χ1) is 11.1. The Morgan fingerprint density at radius 1 is 1.22 bits per heavy atom. The van der Waals surface area contributed by atoms with Crippen LogP contribution in [0.15, 0.2) is 28.7 Å². The lowest BCUT2D eigenvalue weighted by Gasteiger charge is -2.38. The highest BCUT2D eigenvalue weighted by Gasteiger charge is 2.40. The van der Waals surface area contributed by atoms with E-state index in [4.69, 9.17) is 9.47 Å². The molecule has 2 aliphatic heterocycles. The van der Waals surface area contributed by atoms with Crippen molar-refractivity contribution in [2.75, 3.05) is 39.9 Å². The molecule has 1 aromatic carbocycles. The highest BCUT2D eigenvalue weighted by Crippen LogP contribution is 2.31. The summed E-state index contributed by atoms with van der Waals surface area (Å²) in [7, 11) is 1.98. The number of carbonyl (C=O) groups is 1. The van der Waals surface area contributed by atoms with Crippen LogP contribution in [0.3, 0.4) is 0 Å². The van der Waals surface area contributed by atoms with Crippen LogP contribution < -0.4 is 0 Å². The summed E-state index contributed by atoms with van der Waals surface area (Å²) in [6, 6.07) is 8.20. The van der Waals surface area contributed by atoms with E-state index in [1.54, 1.807) is 0 Å². The van der Waals surface area contributed by atoms with Crippen molar-refractivity contribution in [1.29, 1.82) is 0 Å². The predicted molar refractivity (Wildman–Crippen MR) is 90.9 cm³/mol. The van der Waals surface area contributed by atoms with Gasteiger partial charge >= 0.3 is 0 Å². The average molecular weight is 383 g/mol. The molecule has 2 aliphatic rings. The summed E-state index contributed by atoms with van der Waals surface area (Å²) in [6.07, 6.45) is 1.55. The van der Waals surface area contributed by atoms with E-state index in [1.807, 2.05) is 24.1 Å². The Kier molecular flexibility index (Phi) is 5.36. The second kappa shape index (κ2) is 7.30. The minimum absolute atomic E-state index is 0.178. The molecule has 2 heterocycles. The fourth-order valence-corrected chi connectivity index (χ4v) is 3.44. The molecule has 0 N–H and O–H groups in total. The topological polar surface area (TPSA) is 42.0 Å². The Morgan fingerprint density at radius 2 is 1.83 bits per heavy atom. The fraction of sp³-hybridized carbons (Fsp3) is 0.588. The largest absolute Gasteiger partial charge is 0.347 e. The second-order valence-electron chi connectivity index (χ2n) is 6.29. The third kappa shape index (κ3) is 4.32. The van der Waals surface area contributed by atoms with Crippen LogP contribution in [0.4, 0.5) is 0 Å². The second-order valence-corrected chi connectivity index (χ2v) is 7.20.